The summed E-state index contributed by atoms with van der Waals surface area (Å²) in [5, 5.41) is 2.55. The molecule has 1 saturated heterocycles. The summed E-state index contributed by atoms with van der Waals surface area (Å²) >= 11 is 0. The van der Waals surface area contributed by atoms with Gasteiger partial charge in [-0.2, -0.15) is 0 Å². The first kappa shape index (κ1) is 20.6. The lowest BCUT2D eigenvalue weighted by atomic mass is 10.1. The van der Waals surface area contributed by atoms with E-state index in [1.54, 1.807) is 7.11 Å². The van der Waals surface area contributed by atoms with Gasteiger partial charge in [0, 0.05) is 31.1 Å². The second kappa shape index (κ2) is 8.65. The van der Waals surface area contributed by atoms with Gasteiger partial charge in [-0.05, 0) is 47.9 Å². The smallest absolute Gasteiger partial charge is 0.239 e. The zero-order valence-electron chi connectivity index (χ0n) is 18.8. The van der Waals surface area contributed by atoms with Crippen LogP contribution in [0.4, 0.5) is 11.4 Å². The number of benzene rings is 3. The van der Waals surface area contributed by atoms with E-state index in [1.807, 2.05) is 17.0 Å². The van der Waals surface area contributed by atoms with E-state index in [-0.39, 0.29) is 5.91 Å². The van der Waals surface area contributed by atoms with Crippen molar-refractivity contribution in [3.63, 3.8) is 0 Å². The Balaban J connectivity index is 1.42. The third-order valence-electron chi connectivity index (χ3n) is 6.68. The number of methoxy groups -OCH3 is 1. The Morgan fingerprint density at radius 3 is 2.66 bits per heavy atom. The molecule has 2 aliphatic rings. The summed E-state index contributed by atoms with van der Waals surface area (Å²) in [6.45, 7) is 4.88. The van der Waals surface area contributed by atoms with E-state index in [2.05, 4.69) is 71.3 Å². The molecule has 3 aromatic carbocycles. The summed E-state index contributed by atoms with van der Waals surface area (Å²) in [6.07, 6.45) is 4.84. The summed E-state index contributed by atoms with van der Waals surface area (Å²) in [7, 11) is 1.70. The van der Waals surface area contributed by atoms with E-state index < -0.39 is 0 Å². The Labute approximate surface area is 189 Å². The van der Waals surface area contributed by atoms with Gasteiger partial charge in [-0.15, -0.1) is 0 Å². The van der Waals surface area contributed by atoms with Crippen LogP contribution in [-0.2, 0) is 11.3 Å². The van der Waals surface area contributed by atoms with E-state index >= 15 is 0 Å². The van der Waals surface area contributed by atoms with Gasteiger partial charge in [0.1, 0.15) is 6.54 Å². The fourth-order valence-electron chi connectivity index (χ4n) is 4.76. The van der Waals surface area contributed by atoms with E-state index in [0.29, 0.717) is 12.5 Å². The minimum Gasteiger partial charge on any atom is -0.492 e. The Hall–Kier alpha value is -3.34. The van der Waals surface area contributed by atoms with Crippen LogP contribution in [0.25, 0.3) is 10.8 Å². The molecule has 2 heterocycles. The number of carbonyl (C=O) groups is 1. The fraction of sp³-hybridized carbons (Fsp3) is 0.333. The maximum Gasteiger partial charge on any atom is 0.239 e. The van der Waals surface area contributed by atoms with Crippen LogP contribution in [0.2, 0.25) is 0 Å². The molecule has 0 bridgehead atoms. The van der Waals surface area contributed by atoms with Gasteiger partial charge in [0.15, 0.2) is 11.4 Å². The molecule has 0 aliphatic carbocycles. The van der Waals surface area contributed by atoms with Crippen molar-refractivity contribution in [2.24, 2.45) is 0 Å². The SMILES string of the molecule is COc1cc(N2CCCC2=O)ccc1N1C=[N+](Cc2ccc3ccccc3c2)C(C)CC1. The number of fused-ring (bicyclic) bond motifs is 1. The maximum atomic E-state index is 12.2. The number of anilines is 2. The van der Waals surface area contributed by atoms with Gasteiger partial charge in [-0.25, -0.2) is 4.90 Å². The molecular weight excluding hydrogens is 398 g/mol. The normalized spacial score (nSPS) is 18.9. The Morgan fingerprint density at radius 2 is 1.88 bits per heavy atom. The van der Waals surface area contributed by atoms with Crippen molar-refractivity contribution < 1.29 is 14.1 Å². The molecule has 0 aromatic heterocycles. The summed E-state index contributed by atoms with van der Waals surface area (Å²) < 4.78 is 8.15. The molecule has 5 heteroatoms. The summed E-state index contributed by atoms with van der Waals surface area (Å²) in [5.41, 5.74) is 3.27. The van der Waals surface area contributed by atoms with Crippen molar-refractivity contribution in [2.45, 2.75) is 38.8 Å². The highest BCUT2D eigenvalue weighted by Gasteiger charge is 2.28. The monoisotopic (exact) mass is 428 g/mol. The first-order chi connectivity index (χ1) is 15.6. The zero-order chi connectivity index (χ0) is 22.1. The molecule has 0 radical (unpaired) electrons. The van der Waals surface area contributed by atoms with E-state index in [9.17, 15) is 4.79 Å². The molecule has 164 valence electrons. The number of hydrogen-bond donors (Lipinski definition) is 0. The minimum atomic E-state index is 0.194. The summed E-state index contributed by atoms with van der Waals surface area (Å²) in [5.74, 6) is 0.999. The quantitative estimate of drug-likeness (QED) is 0.547. The van der Waals surface area contributed by atoms with Crippen LogP contribution < -0.4 is 14.5 Å². The van der Waals surface area contributed by atoms with E-state index in [0.717, 1.165) is 49.6 Å². The van der Waals surface area contributed by atoms with Crippen molar-refractivity contribution in [3.8, 4) is 5.75 Å². The van der Waals surface area contributed by atoms with E-state index in [1.165, 1.54) is 16.3 Å². The third-order valence-corrected chi connectivity index (χ3v) is 6.68. The van der Waals surface area contributed by atoms with Crippen LogP contribution in [-0.4, -0.2) is 43.1 Å². The molecule has 32 heavy (non-hydrogen) atoms. The van der Waals surface area contributed by atoms with Crippen LogP contribution >= 0.6 is 0 Å². The number of hydrogen-bond acceptors (Lipinski definition) is 3. The van der Waals surface area contributed by atoms with Gasteiger partial charge in [0.05, 0.1) is 19.7 Å². The number of nitrogens with zero attached hydrogens (tertiary/aromatic N) is 3. The van der Waals surface area contributed by atoms with Gasteiger partial charge in [-0.1, -0.05) is 36.4 Å². The molecule has 1 unspecified atom stereocenters. The van der Waals surface area contributed by atoms with E-state index in [4.69, 9.17) is 4.74 Å². The van der Waals surface area contributed by atoms with Crippen LogP contribution in [0.3, 0.4) is 0 Å². The average molecular weight is 429 g/mol. The number of ether oxygens (including phenoxy) is 1. The van der Waals surface area contributed by atoms with Crippen molar-refractivity contribution in [1.82, 2.24) is 0 Å². The molecule has 0 spiro atoms. The van der Waals surface area contributed by atoms with Crippen LogP contribution in [0, 0.1) is 0 Å². The Bertz CT molecular complexity index is 1190. The zero-order valence-corrected chi connectivity index (χ0v) is 18.8. The molecule has 1 fully saturated rings. The van der Waals surface area contributed by atoms with Crippen molar-refractivity contribution in [1.29, 1.82) is 0 Å². The van der Waals surface area contributed by atoms with Crippen molar-refractivity contribution >= 4 is 34.4 Å². The number of rotatable bonds is 5. The predicted molar refractivity (Wildman–Crippen MR) is 130 cm³/mol. The molecule has 2 aliphatic heterocycles. The van der Waals surface area contributed by atoms with Crippen molar-refractivity contribution in [2.75, 3.05) is 30.0 Å². The molecule has 5 nitrogen and oxygen atoms in total. The second-order valence-corrected chi connectivity index (χ2v) is 8.81. The topological polar surface area (TPSA) is 35.8 Å². The van der Waals surface area contributed by atoms with Crippen molar-refractivity contribution in [3.05, 3.63) is 66.2 Å². The molecule has 0 saturated carbocycles. The summed E-state index contributed by atoms with van der Waals surface area (Å²) in [6, 6.07) is 21.8. The molecule has 1 amide bonds. The molecule has 0 N–H and O–H groups in total. The highest BCUT2D eigenvalue weighted by Crippen LogP contribution is 2.34. The first-order valence-electron chi connectivity index (χ1n) is 11.5. The molecule has 3 aromatic rings. The number of amides is 1. The summed E-state index contributed by atoms with van der Waals surface area (Å²) in [4.78, 5) is 16.3. The number of carbonyl (C=O) groups excluding carboxylic acids is 1. The lowest BCUT2D eigenvalue weighted by molar-refractivity contribution is -0.577. The largest absolute Gasteiger partial charge is 0.492 e. The van der Waals surface area contributed by atoms with Crippen LogP contribution in [0.1, 0.15) is 31.7 Å². The van der Waals surface area contributed by atoms with Gasteiger partial charge < -0.3 is 9.64 Å². The van der Waals surface area contributed by atoms with Crippen LogP contribution in [0.15, 0.2) is 60.7 Å². The molecule has 1 atom stereocenters. The van der Waals surface area contributed by atoms with Crippen LogP contribution in [0.5, 0.6) is 5.75 Å². The van der Waals surface area contributed by atoms with Gasteiger partial charge in [-0.3, -0.25) is 9.37 Å². The molecule has 5 rings (SSSR count). The lowest BCUT2D eigenvalue weighted by Crippen LogP contribution is -2.41. The lowest BCUT2D eigenvalue weighted by Gasteiger charge is -2.27. The second-order valence-electron chi connectivity index (χ2n) is 8.81. The van der Waals surface area contributed by atoms with Gasteiger partial charge >= 0.3 is 0 Å². The maximum absolute atomic E-state index is 12.2. The highest BCUT2D eigenvalue weighted by atomic mass is 16.5. The standard InChI is InChI=1S/C27H30N3O2/c1-20-13-15-28(19-29(20)18-21-9-10-22-6-3-4-7-23(22)16-21)25-12-11-24(17-26(25)32-2)30-14-5-8-27(30)31/h3-4,6-7,9-12,16-17,19-20H,5,8,13-15,18H2,1-2H3/q+1. The fourth-order valence-corrected chi connectivity index (χ4v) is 4.76. The Kier molecular flexibility index (Phi) is 5.56. The van der Waals surface area contributed by atoms with Gasteiger partial charge in [0.25, 0.3) is 0 Å². The Morgan fingerprint density at radius 1 is 1.03 bits per heavy atom. The van der Waals surface area contributed by atoms with Gasteiger partial charge in [0.2, 0.25) is 12.2 Å². The molecular formula is C27H30N3O2+. The average Bonchev–Trinajstić information content (AvgIpc) is 3.26. The third kappa shape index (κ3) is 3.95. The minimum absolute atomic E-state index is 0.194. The predicted octanol–water partition coefficient (Wildman–Crippen LogP) is 4.81. The first-order valence-corrected chi connectivity index (χ1v) is 11.5. The highest BCUT2D eigenvalue weighted by molar-refractivity contribution is 5.96.